The highest BCUT2D eigenvalue weighted by Gasteiger charge is 2.11. The number of nitrogens with zero attached hydrogens (tertiary/aromatic N) is 3. The van der Waals surface area contributed by atoms with Crippen LogP contribution < -0.4 is 10.6 Å². The average molecular weight is 236 g/mol. The smallest absolute Gasteiger partial charge is 0.240 e. The molecule has 0 amide bonds. The van der Waals surface area contributed by atoms with Crippen LogP contribution in [0.25, 0.3) is 0 Å². The van der Waals surface area contributed by atoms with Crippen LogP contribution in [0.3, 0.4) is 0 Å². The SMILES string of the molecule is CN(Cc1noc(CN)n1)c1ccccc1F. The quantitative estimate of drug-likeness (QED) is 0.866. The van der Waals surface area contributed by atoms with Crippen LogP contribution in [0.1, 0.15) is 11.7 Å². The van der Waals surface area contributed by atoms with Gasteiger partial charge in [-0.25, -0.2) is 4.39 Å². The van der Waals surface area contributed by atoms with Crippen molar-refractivity contribution < 1.29 is 8.91 Å². The van der Waals surface area contributed by atoms with Crippen molar-refractivity contribution in [1.29, 1.82) is 0 Å². The highest BCUT2D eigenvalue weighted by Crippen LogP contribution is 2.18. The molecule has 1 aromatic carbocycles. The summed E-state index contributed by atoms with van der Waals surface area (Å²) in [4.78, 5) is 5.77. The maximum Gasteiger partial charge on any atom is 0.240 e. The van der Waals surface area contributed by atoms with Gasteiger partial charge >= 0.3 is 0 Å². The second-order valence-electron chi connectivity index (χ2n) is 3.62. The Hall–Kier alpha value is -1.95. The summed E-state index contributed by atoms with van der Waals surface area (Å²) in [5, 5.41) is 3.75. The lowest BCUT2D eigenvalue weighted by atomic mass is 10.3. The van der Waals surface area contributed by atoms with Crippen molar-refractivity contribution in [2.45, 2.75) is 13.1 Å². The topological polar surface area (TPSA) is 68.2 Å². The molecule has 0 radical (unpaired) electrons. The first-order valence-corrected chi connectivity index (χ1v) is 5.18. The highest BCUT2D eigenvalue weighted by atomic mass is 19.1. The molecule has 0 bridgehead atoms. The second kappa shape index (κ2) is 4.92. The van der Waals surface area contributed by atoms with E-state index >= 15 is 0 Å². The lowest BCUT2D eigenvalue weighted by Gasteiger charge is -2.17. The first kappa shape index (κ1) is 11.5. The van der Waals surface area contributed by atoms with Crippen LogP contribution in [0, 0.1) is 5.82 Å². The minimum atomic E-state index is -0.280. The summed E-state index contributed by atoms with van der Waals surface area (Å²) in [6, 6.07) is 6.52. The lowest BCUT2D eigenvalue weighted by Crippen LogP contribution is -2.18. The molecule has 0 aliphatic heterocycles. The molecule has 0 unspecified atom stereocenters. The second-order valence-corrected chi connectivity index (χ2v) is 3.62. The van der Waals surface area contributed by atoms with Crippen molar-refractivity contribution in [1.82, 2.24) is 10.1 Å². The molecule has 0 saturated carbocycles. The van der Waals surface area contributed by atoms with Gasteiger partial charge in [0.15, 0.2) is 5.82 Å². The normalized spacial score (nSPS) is 10.5. The van der Waals surface area contributed by atoms with Crippen LogP contribution in [-0.2, 0) is 13.1 Å². The minimum absolute atomic E-state index is 0.205. The van der Waals surface area contributed by atoms with Gasteiger partial charge in [0.05, 0.1) is 18.8 Å². The van der Waals surface area contributed by atoms with Gasteiger partial charge in [-0.05, 0) is 12.1 Å². The van der Waals surface area contributed by atoms with Crippen LogP contribution in [0.5, 0.6) is 0 Å². The van der Waals surface area contributed by atoms with Crippen molar-refractivity contribution >= 4 is 5.69 Å². The number of hydrogen-bond acceptors (Lipinski definition) is 5. The van der Waals surface area contributed by atoms with Crippen LogP contribution in [0.4, 0.5) is 10.1 Å². The summed E-state index contributed by atoms with van der Waals surface area (Å²) >= 11 is 0. The molecule has 0 aliphatic rings. The average Bonchev–Trinajstić information content (AvgIpc) is 2.77. The van der Waals surface area contributed by atoms with Crippen molar-refractivity contribution in [3.05, 3.63) is 41.8 Å². The van der Waals surface area contributed by atoms with E-state index in [1.165, 1.54) is 6.07 Å². The Kier molecular flexibility index (Phi) is 3.34. The van der Waals surface area contributed by atoms with E-state index in [4.69, 9.17) is 10.3 Å². The predicted octanol–water partition coefficient (Wildman–Crippen LogP) is 1.30. The molecule has 5 nitrogen and oxygen atoms in total. The van der Waals surface area contributed by atoms with Crippen molar-refractivity contribution in [3.63, 3.8) is 0 Å². The number of benzene rings is 1. The summed E-state index contributed by atoms with van der Waals surface area (Å²) in [7, 11) is 1.76. The molecule has 90 valence electrons. The van der Waals surface area contributed by atoms with E-state index in [2.05, 4.69) is 10.1 Å². The molecule has 2 N–H and O–H groups in total. The molecule has 2 aromatic rings. The summed E-state index contributed by atoms with van der Waals surface area (Å²) in [6.07, 6.45) is 0. The largest absolute Gasteiger partial charge is 0.365 e. The highest BCUT2D eigenvalue weighted by molar-refractivity contribution is 5.46. The zero-order valence-corrected chi connectivity index (χ0v) is 9.43. The predicted molar refractivity (Wildman–Crippen MR) is 60.7 cm³/mol. The van der Waals surface area contributed by atoms with Gasteiger partial charge in [-0.3, -0.25) is 0 Å². The minimum Gasteiger partial charge on any atom is -0.365 e. The van der Waals surface area contributed by atoms with Crippen LogP contribution in [0.15, 0.2) is 28.8 Å². The van der Waals surface area contributed by atoms with Crippen molar-refractivity contribution in [2.75, 3.05) is 11.9 Å². The van der Waals surface area contributed by atoms with Crippen LogP contribution >= 0.6 is 0 Å². The maximum absolute atomic E-state index is 13.5. The molecular formula is C11H13FN4O. The fraction of sp³-hybridized carbons (Fsp3) is 0.273. The maximum atomic E-state index is 13.5. The van der Waals surface area contributed by atoms with Crippen molar-refractivity contribution in [3.8, 4) is 0 Å². The summed E-state index contributed by atoms with van der Waals surface area (Å²) in [5.41, 5.74) is 5.85. The van der Waals surface area contributed by atoms with E-state index < -0.39 is 0 Å². The van der Waals surface area contributed by atoms with Crippen LogP contribution in [-0.4, -0.2) is 17.2 Å². The van der Waals surface area contributed by atoms with E-state index in [0.29, 0.717) is 23.9 Å². The van der Waals surface area contributed by atoms with E-state index in [9.17, 15) is 4.39 Å². The van der Waals surface area contributed by atoms with Gasteiger partial charge in [0, 0.05) is 7.05 Å². The van der Waals surface area contributed by atoms with E-state index in [-0.39, 0.29) is 12.4 Å². The van der Waals surface area contributed by atoms with E-state index in [0.717, 1.165) is 0 Å². The van der Waals surface area contributed by atoms with Gasteiger partial charge in [0.2, 0.25) is 5.89 Å². The number of para-hydroxylation sites is 1. The molecule has 0 saturated heterocycles. The fourth-order valence-electron chi connectivity index (χ4n) is 1.50. The molecule has 17 heavy (non-hydrogen) atoms. The molecule has 2 rings (SSSR count). The lowest BCUT2D eigenvalue weighted by molar-refractivity contribution is 0.374. The molecule has 6 heteroatoms. The molecule has 0 spiro atoms. The van der Waals surface area contributed by atoms with Gasteiger partial charge in [0.25, 0.3) is 0 Å². The first-order chi connectivity index (χ1) is 8.20. The van der Waals surface area contributed by atoms with Crippen LogP contribution in [0.2, 0.25) is 0 Å². The molecule has 0 atom stereocenters. The van der Waals surface area contributed by atoms with Crippen molar-refractivity contribution in [2.24, 2.45) is 5.73 Å². The third kappa shape index (κ3) is 2.59. The summed E-state index contributed by atoms with van der Waals surface area (Å²) < 4.78 is 18.4. The van der Waals surface area contributed by atoms with Gasteiger partial charge < -0.3 is 15.2 Å². The Morgan fingerprint density at radius 3 is 2.82 bits per heavy atom. The van der Waals surface area contributed by atoms with Gasteiger partial charge in [-0.1, -0.05) is 17.3 Å². The third-order valence-electron chi connectivity index (χ3n) is 2.33. The van der Waals surface area contributed by atoms with Gasteiger partial charge in [0.1, 0.15) is 5.82 Å². The molecular weight excluding hydrogens is 223 g/mol. The Morgan fingerprint density at radius 1 is 1.41 bits per heavy atom. The van der Waals surface area contributed by atoms with Gasteiger partial charge in [-0.2, -0.15) is 4.98 Å². The summed E-state index contributed by atoms with van der Waals surface area (Å²) in [5.74, 6) is 0.579. The zero-order valence-electron chi connectivity index (χ0n) is 9.43. The Balaban J connectivity index is 2.11. The fourth-order valence-corrected chi connectivity index (χ4v) is 1.50. The van der Waals surface area contributed by atoms with E-state index in [1.54, 1.807) is 30.1 Å². The Labute approximate surface area is 98.0 Å². The number of rotatable bonds is 4. The number of anilines is 1. The summed E-state index contributed by atoms with van der Waals surface area (Å²) in [6.45, 7) is 0.570. The Bertz CT molecular complexity index is 500. The zero-order chi connectivity index (χ0) is 12.3. The molecule has 1 aromatic heterocycles. The number of nitrogens with two attached hydrogens (primary N) is 1. The van der Waals surface area contributed by atoms with E-state index in [1.807, 2.05) is 0 Å². The monoisotopic (exact) mass is 236 g/mol. The Morgan fingerprint density at radius 2 is 2.18 bits per heavy atom. The number of halogens is 1. The molecule has 0 aliphatic carbocycles. The van der Waals surface area contributed by atoms with Gasteiger partial charge in [-0.15, -0.1) is 0 Å². The standard InChI is InChI=1S/C11H13FN4O/c1-16(9-5-3-2-4-8(9)12)7-10-14-11(6-13)17-15-10/h2-5H,6-7,13H2,1H3. The number of aromatic nitrogens is 2. The number of hydrogen-bond donors (Lipinski definition) is 1. The molecule has 1 heterocycles. The molecule has 0 fully saturated rings. The first-order valence-electron chi connectivity index (χ1n) is 5.18. The third-order valence-corrected chi connectivity index (χ3v) is 2.33.